The third-order valence-electron chi connectivity index (χ3n) is 3.39. The molecule has 1 aliphatic heterocycles. The maximum Gasteiger partial charge on any atom is 0.123 e. The molecule has 18 heavy (non-hydrogen) atoms. The zero-order valence-corrected chi connectivity index (χ0v) is 11.6. The van der Waals surface area contributed by atoms with Crippen LogP contribution in [0.3, 0.4) is 0 Å². The van der Waals surface area contributed by atoms with Crippen LogP contribution in [0.5, 0.6) is 5.75 Å². The summed E-state index contributed by atoms with van der Waals surface area (Å²) in [5.41, 5.74) is 7.31. The van der Waals surface area contributed by atoms with Gasteiger partial charge in [-0.05, 0) is 25.2 Å². The van der Waals surface area contributed by atoms with Crippen LogP contribution in [0.1, 0.15) is 11.6 Å². The second-order valence-corrected chi connectivity index (χ2v) is 5.17. The molecular weight excluding hydrogens is 250 g/mol. The molecule has 0 spiro atoms. The van der Waals surface area contributed by atoms with Gasteiger partial charge in [-0.15, -0.1) is 0 Å². The summed E-state index contributed by atoms with van der Waals surface area (Å²) in [7, 11) is 3.76. The van der Waals surface area contributed by atoms with Crippen LogP contribution in [0.2, 0.25) is 5.02 Å². The minimum Gasteiger partial charge on any atom is -0.496 e. The van der Waals surface area contributed by atoms with E-state index in [1.165, 1.54) is 0 Å². The van der Waals surface area contributed by atoms with E-state index >= 15 is 0 Å². The van der Waals surface area contributed by atoms with E-state index in [-0.39, 0.29) is 12.1 Å². The number of nitrogens with two attached hydrogens (primary N) is 1. The Balaban J connectivity index is 2.21. The van der Waals surface area contributed by atoms with E-state index in [4.69, 9.17) is 22.1 Å². The minimum atomic E-state index is -0.124. The molecule has 2 unspecified atom stereocenters. The molecule has 4 nitrogen and oxygen atoms in total. The van der Waals surface area contributed by atoms with Gasteiger partial charge in [0.15, 0.2) is 0 Å². The average molecular weight is 270 g/mol. The molecule has 0 radical (unpaired) electrons. The third kappa shape index (κ3) is 2.95. The summed E-state index contributed by atoms with van der Waals surface area (Å²) < 4.78 is 5.36. The molecule has 1 fully saturated rings. The Kier molecular flexibility index (Phi) is 4.45. The number of ether oxygens (including phenoxy) is 1. The maximum absolute atomic E-state index is 6.35. The number of nitrogens with zero attached hydrogens (tertiary/aromatic N) is 1. The summed E-state index contributed by atoms with van der Waals surface area (Å²) in [6.45, 7) is 2.94. The van der Waals surface area contributed by atoms with Gasteiger partial charge in [-0.1, -0.05) is 11.6 Å². The van der Waals surface area contributed by atoms with Gasteiger partial charge in [0.1, 0.15) is 5.75 Å². The molecule has 1 saturated heterocycles. The lowest BCUT2D eigenvalue weighted by Crippen LogP contribution is -2.53. The van der Waals surface area contributed by atoms with E-state index in [2.05, 4.69) is 17.3 Å². The standard InChI is InChI=1S/C13H20ClN3O/c1-17-6-5-16-11(8-17)13(15)10-7-9(14)3-4-12(10)18-2/h3-4,7,11,13,16H,5-6,8,15H2,1-2H3. The number of halogens is 1. The maximum atomic E-state index is 6.35. The van der Waals surface area contributed by atoms with Crippen LogP contribution in [0.15, 0.2) is 18.2 Å². The third-order valence-corrected chi connectivity index (χ3v) is 3.63. The first kappa shape index (κ1) is 13.6. The Bertz CT molecular complexity index is 413. The number of piperazine rings is 1. The van der Waals surface area contributed by atoms with E-state index in [0.29, 0.717) is 5.02 Å². The first-order chi connectivity index (χ1) is 8.61. The normalized spacial score (nSPS) is 22.8. The Labute approximate surface area is 113 Å². The Hall–Kier alpha value is -0.810. The van der Waals surface area contributed by atoms with Crippen LogP contribution >= 0.6 is 11.6 Å². The van der Waals surface area contributed by atoms with Gasteiger partial charge in [0.2, 0.25) is 0 Å². The molecule has 1 aliphatic rings. The van der Waals surface area contributed by atoms with E-state index < -0.39 is 0 Å². The van der Waals surface area contributed by atoms with Crippen molar-refractivity contribution < 1.29 is 4.74 Å². The lowest BCUT2D eigenvalue weighted by molar-refractivity contribution is 0.218. The summed E-state index contributed by atoms with van der Waals surface area (Å²) in [6, 6.07) is 5.67. The number of methoxy groups -OCH3 is 1. The summed E-state index contributed by atoms with van der Waals surface area (Å²) in [5, 5.41) is 4.14. The van der Waals surface area contributed by atoms with Gasteiger partial charge in [0.25, 0.3) is 0 Å². The molecule has 0 saturated carbocycles. The fourth-order valence-corrected chi connectivity index (χ4v) is 2.54. The molecule has 0 aliphatic carbocycles. The van der Waals surface area contributed by atoms with Crippen LogP contribution in [-0.2, 0) is 0 Å². The van der Waals surface area contributed by atoms with Crippen LogP contribution in [0.25, 0.3) is 0 Å². The molecule has 0 aromatic heterocycles. The first-order valence-corrected chi connectivity index (χ1v) is 6.50. The summed E-state index contributed by atoms with van der Waals surface area (Å²) in [4.78, 5) is 2.28. The molecule has 0 amide bonds. The quantitative estimate of drug-likeness (QED) is 0.867. The van der Waals surface area contributed by atoms with Crippen molar-refractivity contribution >= 4 is 11.6 Å². The minimum absolute atomic E-state index is 0.124. The predicted octanol–water partition coefficient (Wildman–Crippen LogP) is 1.25. The van der Waals surface area contributed by atoms with E-state index in [0.717, 1.165) is 30.9 Å². The fourth-order valence-electron chi connectivity index (χ4n) is 2.36. The van der Waals surface area contributed by atoms with Crippen molar-refractivity contribution in [2.75, 3.05) is 33.8 Å². The van der Waals surface area contributed by atoms with Gasteiger partial charge in [-0.2, -0.15) is 0 Å². The zero-order chi connectivity index (χ0) is 13.1. The monoisotopic (exact) mass is 269 g/mol. The van der Waals surface area contributed by atoms with Crippen molar-refractivity contribution in [2.24, 2.45) is 5.73 Å². The second-order valence-electron chi connectivity index (χ2n) is 4.73. The molecule has 1 heterocycles. The molecular formula is C13H20ClN3O. The van der Waals surface area contributed by atoms with E-state index in [9.17, 15) is 0 Å². The topological polar surface area (TPSA) is 50.5 Å². The summed E-state index contributed by atoms with van der Waals surface area (Å²) in [5.74, 6) is 0.793. The van der Waals surface area contributed by atoms with Crippen molar-refractivity contribution in [2.45, 2.75) is 12.1 Å². The zero-order valence-electron chi connectivity index (χ0n) is 10.8. The van der Waals surface area contributed by atoms with Gasteiger partial charge in [-0.3, -0.25) is 0 Å². The van der Waals surface area contributed by atoms with Crippen molar-refractivity contribution in [1.29, 1.82) is 0 Å². The summed E-state index contributed by atoms with van der Waals surface area (Å²) >= 11 is 6.04. The molecule has 2 rings (SSSR count). The molecule has 1 aromatic carbocycles. The first-order valence-electron chi connectivity index (χ1n) is 6.12. The van der Waals surface area contributed by atoms with Gasteiger partial charge in [0, 0.05) is 36.3 Å². The molecule has 2 atom stereocenters. The lowest BCUT2D eigenvalue weighted by Gasteiger charge is -2.35. The predicted molar refractivity (Wildman–Crippen MR) is 74.2 cm³/mol. The lowest BCUT2D eigenvalue weighted by atomic mass is 9.97. The highest BCUT2D eigenvalue weighted by Gasteiger charge is 2.26. The van der Waals surface area contributed by atoms with Crippen LogP contribution in [0, 0.1) is 0 Å². The number of hydrogen-bond donors (Lipinski definition) is 2. The number of rotatable bonds is 3. The van der Waals surface area contributed by atoms with Crippen LogP contribution < -0.4 is 15.8 Å². The van der Waals surface area contributed by atoms with Gasteiger partial charge < -0.3 is 20.7 Å². The highest BCUT2D eigenvalue weighted by molar-refractivity contribution is 6.30. The smallest absolute Gasteiger partial charge is 0.123 e. The number of likely N-dealkylation sites (N-methyl/N-ethyl adjacent to an activating group) is 1. The van der Waals surface area contributed by atoms with Crippen molar-refractivity contribution in [3.05, 3.63) is 28.8 Å². The summed E-state index contributed by atoms with van der Waals surface area (Å²) in [6.07, 6.45) is 0. The van der Waals surface area contributed by atoms with Crippen molar-refractivity contribution in [1.82, 2.24) is 10.2 Å². The highest BCUT2D eigenvalue weighted by Crippen LogP contribution is 2.29. The van der Waals surface area contributed by atoms with Gasteiger partial charge >= 0.3 is 0 Å². The van der Waals surface area contributed by atoms with Gasteiger partial charge in [0.05, 0.1) is 13.2 Å². The van der Waals surface area contributed by atoms with E-state index in [1.54, 1.807) is 7.11 Å². The Morgan fingerprint density at radius 3 is 3.00 bits per heavy atom. The molecule has 100 valence electrons. The van der Waals surface area contributed by atoms with Gasteiger partial charge in [-0.25, -0.2) is 0 Å². The Morgan fingerprint density at radius 1 is 1.56 bits per heavy atom. The second kappa shape index (κ2) is 5.89. The SMILES string of the molecule is COc1ccc(Cl)cc1C(N)C1CN(C)CCN1. The number of nitrogens with one attached hydrogen (secondary N) is 1. The highest BCUT2D eigenvalue weighted by atomic mass is 35.5. The number of benzene rings is 1. The van der Waals surface area contributed by atoms with Crippen LogP contribution in [0.4, 0.5) is 0 Å². The largest absolute Gasteiger partial charge is 0.496 e. The molecule has 5 heteroatoms. The van der Waals surface area contributed by atoms with Crippen LogP contribution in [-0.4, -0.2) is 44.7 Å². The molecule has 0 bridgehead atoms. The Morgan fingerprint density at radius 2 is 2.33 bits per heavy atom. The number of hydrogen-bond acceptors (Lipinski definition) is 4. The average Bonchev–Trinajstić information content (AvgIpc) is 2.38. The van der Waals surface area contributed by atoms with Crippen molar-refractivity contribution in [3.8, 4) is 5.75 Å². The molecule has 1 aromatic rings. The van der Waals surface area contributed by atoms with Crippen molar-refractivity contribution in [3.63, 3.8) is 0 Å². The molecule has 3 N–H and O–H groups in total. The van der Waals surface area contributed by atoms with E-state index in [1.807, 2.05) is 18.2 Å². The fraction of sp³-hybridized carbons (Fsp3) is 0.538.